The normalized spacial score (nSPS) is 15.8. The van der Waals surface area contributed by atoms with E-state index in [2.05, 4.69) is 50.6 Å². The van der Waals surface area contributed by atoms with Crippen molar-refractivity contribution in [3.8, 4) is 10.6 Å². The van der Waals surface area contributed by atoms with Crippen molar-refractivity contribution in [2.24, 2.45) is 0 Å². The zero-order valence-corrected chi connectivity index (χ0v) is 20.2. The predicted molar refractivity (Wildman–Crippen MR) is 131 cm³/mol. The van der Waals surface area contributed by atoms with E-state index in [-0.39, 0.29) is 11.9 Å². The number of nitrogens with one attached hydrogen (secondary N) is 2. The summed E-state index contributed by atoms with van der Waals surface area (Å²) >= 11 is 4.72. The second-order valence-corrected chi connectivity index (χ2v) is 9.86. The highest BCUT2D eigenvalue weighted by molar-refractivity contribution is 9.10. The molecule has 1 aromatic heterocycles. The molecule has 0 radical (unpaired) electrons. The number of urea groups is 1. The van der Waals surface area contributed by atoms with Gasteiger partial charge in [-0.2, -0.15) is 0 Å². The molecule has 3 aromatic rings. The third-order valence-electron chi connectivity index (χ3n) is 5.39. The number of likely N-dealkylation sites (tertiary alicyclic amines) is 1. The first-order chi connectivity index (χ1) is 15.4. The summed E-state index contributed by atoms with van der Waals surface area (Å²) in [5.41, 5.74) is 2.85. The van der Waals surface area contributed by atoms with Gasteiger partial charge in [-0.25, -0.2) is 4.79 Å². The van der Waals surface area contributed by atoms with Crippen LogP contribution in [0.2, 0.25) is 0 Å². The van der Waals surface area contributed by atoms with Gasteiger partial charge in [-0.3, -0.25) is 10.1 Å². The lowest BCUT2D eigenvalue weighted by Crippen LogP contribution is -2.45. The number of carbonyl (C=O) groups is 2. The largest absolute Gasteiger partial charge is 0.322 e. The lowest BCUT2D eigenvalue weighted by Gasteiger charge is -2.24. The highest BCUT2D eigenvalue weighted by Gasteiger charge is 2.34. The zero-order chi connectivity index (χ0) is 22.7. The number of hydrogen-bond acceptors (Lipinski definition) is 5. The van der Waals surface area contributed by atoms with E-state index in [1.165, 1.54) is 16.9 Å². The van der Waals surface area contributed by atoms with Gasteiger partial charge in [0.15, 0.2) is 0 Å². The molecule has 0 saturated carbocycles. The van der Waals surface area contributed by atoms with Gasteiger partial charge in [0.2, 0.25) is 11.0 Å². The van der Waals surface area contributed by atoms with E-state index in [9.17, 15) is 9.59 Å². The number of benzene rings is 2. The molecule has 1 fully saturated rings. The smallest absolute Gasteiger partial charge is 0.312 e. The van der Waals surface area contributed by atoms with Crippen molar-refractivity contribution >= 4 is 50.0 Å². The van der Waals surface area contributed by atoms with Gasteiger partial charge in [0, 0.05) is 22.3 Å². The monoisotopic (exact) mass is 513 g/mol. The Hall–Kier alpha value is -2.78. The minimum absolute atomic E-state index is 0.244. The van der Waals surface area contributed by atoms with Gasteiger partial charge in [0.1, 0.15) is 11.0 Å². The van der Waals surface area contributed by atoms with Crippen molar-refractivity contribution in [3.63, 3.8) is 0 Å². The second-order valence-electron chi connectivity index (χ2n) is 7.97. The molecule has 1 aliphatic heterocycles. The molecule has 4 rings (SSSR count). The summed E-state index contributed by atoms with van der Waals surface area (Å²) in [6, 6.07) is 14.7. The number of anilines is 2. The fourth-order valence-corrected chi connectivity index (χ4v) is 4.62. The minimum Gasteiger partial charge on any atom is -0.312 e. The standard InChI is InChI=1S/C23H24BrN5O2S/c1-14(2)15-7-11-18(12-8-15)25-23(31)29-13-3-4-19(29)20(30)26-22-28-27-21(32-22)16-5-9-17(24)10-6-16/h5-12,14,19H,3-4,13H2,1-2H3,(H,25,31)(H,26,28,30). The number of halogens is 1. The molecule has 1 aliphatic rings. The lowest BCUT2D eigenvalue weighted by atomic mass is 10.0. The summed E-state index contributed by atoms with van der Waals surface area (Å²) in [5.74, 6) is 0.183. The van der Waals surface area contributed by atoms with Crippen LogP contribution in [0.4, 0.5) is 15.6 Å². The average molecular weight is 514 g/mol. The quantitative estimate of drug-likeness (QED) is 0.456. The molecule has 9 heteroatoms. The van der Waals surface area contributed by atoms with E-state index in [1.807, 2.05) is 48.5 Å². The maximum absolute atomic E-state index is 12.9. The van der Waals surface area contributed by atoms with Crippen LogP contribution in [-0.2, 0) is 4.79 Å². The Kier molecular flexibility index (Phi) is 6.86. The summed E-state index contributed by atoms with van der Waals surface area (Å²) in [6.07, 6.45) is 1.39. The first kappa shape index (κ1) is 22.4. The highest BCUT2D eigenvalue weighted by atomic mass is 79.9. The molecule has 166 valence electrons. The molecule has 2 heterocycles. The summed E-state index contributed by atoms with van der Waals surface area (Å²) in [4.78, 5) is 27.3. The first-order valence-corrected chi connectivity index (χ1v) is 12.1. The SMILES string of the molecule is CC(C)c1ccc(NC(=O)N2CCCC2C(=O)Nc2nnc(-c3ccc(Br)cc3)s2)cc1. The van der Waals surface area contributed by atoms with E-state index in [0.29, 0.717) is 29.7 Å². The van der Waals surface area contributed by atoms with Crippen LogP contribution in [0.25, 0.3) is 10.6 Å². The summed E-state index contributed by atoms with van der Waals surface area (Å²) in [5, 5.41) is 15.1. The Bertz CT molecular complexity index is 1100. The molecule has 0 bridgehead atoms. The van der Waals surface area contributed by atoms with Crippen LogP contribution in [-0.4, -0.2) is 39.6 Å². The number of amides is 3. The summed E-state index contributed by atoms with van der Waals surface area (Å²) in [7, 11) is 0. The zero-order valence-electron chi connectivity index (χ0n) is 17.8. The van der Waals surface area contributed by atoms with Crippen LogP contribution in [0, 0.1) is 0 Å². The van der Waals surface area contributed by atoms with Gasteiger partial charge in [0.25, 0.3) is 0 Å². The Labute approximate surface area is 199 Å². The average Bonchev–Trinajstić information content (AvgIpc) is 3.44. The molecule has 2 N–H and O–H groups in total. The predicted octanol–water partition coefficient (Wildman–Crippen LogP) is 5.73. The van der Waals surface area contributed by atoms with E-state index >= 15 is 0 Å². The molecule has 3 amide bonds. The molecule has 0 aliphatic carbocycles. The Morgan fingerprint density at radius 2 is 1.78 bits per heavy atom. The molecular weight excluding hydrogens is 490 g/mol. The fourth-order valence-electron chi connectivity index (χ4n) is 3.60. The molecular formula is C23H24BrN5O2S. The van der Waals surface area contributed by atoms with E-state index in [0.717, 1.165) is 21.5 Å². The molecule has 32 heavy (non-hydrogen) atoms. The second kappa shape index (κ2) is 9.79. The van der Waals surface area contributed by atoms with Crippen LogP contribution >= 0.6 is 27.3 Å². The van der Waals surface area contributed by atoms with Gasteiger partial charge < -0.3 is 10.2 Å². The van der Waals surface area contributed by atoms with Gasteiger partial charge in [-0.1, -0.05) is 65.4 Å². The van der Waals surface area contributed by atoms with E-state index in [4.69, 9.17) is 0 Å². The van der Waals surface area contributed by atoms with Gasteiger partial charge >= 0.3 is 6.03 Å². The van der Waals surface area contributed by atoms with Crippen LogP contribution in [0.5, 0.6) is 0 Å². The van der Waals surface area contributed by atoms with Gasteiger partial charge in [-0.15, -0.1) is 10.2 Å². The maximum atomic E-state index is 12.9. The topological polar surface area (TPSA) is 87.2 Å². The van der Waals surface area contributed by atoms with Crippen LogP contribution in [0.3, 0.4) is 0 Å². The Balaban J connectivity index is 1.39. The number of rotatable bonds is 5. The molecule has 0 spiro atoms. The molecule has 7 nitrogen and oxygen atoms in total. The number of aromatic nitrogens is 2. The van der Waals surface area contributed by atoms with Crippen molar-refractivity contribution in [1.82, 2.24) is 15.1 Å². The Morgan fingerprint density at radius 1 is 1.06 bits per heavy atom. The molecule has 1 saturated heterocycles. The van der Waals surface area contributed by atoms with Crippen molar-refractivity contribution in [2.75, 3.05) is 17.2 Å². The van der Waals surface area contributed by atoms with Crippen LogP contribution in [0.1, 0.15) is 38.2 Å². The minimum atomic E-state index is -0.537. The van der Waals surface area contributed by atoms with Gasteiger partial charge in [-0.05, 0) is 48.6 Å². The summed E-state index contributed by atoms with van der Waals surface area (Å²) < 4.78 is 0.981. The summed E-state index contributed by atoms with van der Waals surface area (Å²) in [6.45, 7) is 4.79. The molecule has 1 atom stereocenters. The maximum Gasteiger partial charge on any atom is 0.322 e. The third kappa shape index (κ3) is 5.16. The Morgan fingerprint density at radius 3 is 2.47 bits per heavy atom. The number of nitrogens with zero attached hydrogens (tertiary/aromatic N) is 3. The highest BCUT2D eigenvalue weighted by Crippen LogP contribution is 2.28. The van der Waals surface area contributed by atoms with E-state index in [1.54, 1.807) is 4.90 Å². The van der Waals surface area contributed by atoms with Crippen molar-refractivity contribution in [1.29, 1.82) is 0 Å². The van der Waals surface area contributed by atoms with Crippen molar-refractivity contribution in [2.45, 2.75) is 38.6 Å². The number of carbonyl (C=O) groups excluding carboxylic acids is 2. The van der Waals surface area contributed by atoms with Crippen LogP contribution < -0.4 is 10.6 Å². The first-order valence-electron chi connectivity index (χ1n) is 10.5. The molecule has 1 unspecified atom stereocenters. The lowest BCUT2D eigenvalue weighted by molar-refractivity contribution is -0.119. The number of hydrogen-bond donors (Lipinski definition) is 2. The van der Waals surface area contributed by atoms with E-state index < -0.39 is 6.04 Å². The molecule has 2 aromatic carbocycles. The third-order valence-corrected chi connectivity index (χ3v) is 6.81. The van der Waals surface area contributed by atoms with Crippen molar-refractivity contribution < 1.29 is 9.59 Å². The fraction of sp³-hybridized carbons (Fsp3) is 0.304. The van der Waals surface area contributed by atoms with Crippen LogP contribution in [0.15, 0.2) is 53.0 Å². The van der Waals surface area contributed by atoms with Crippen molar-refractivity contribution in [3.05, 3.63) is 58.6 Å². The van der Waals surface area contributed by atoms with Gasteiger partial charge in [0.05, 0.1) is 0 Å².